The van der Waals surface area contributed by atoms with Crippen LogP contribution in [-0.4, -0.2) is 44.2 Å². The highest BCUT2D eigenvalue weighted by atomic mass is 16.5. The first-order valence-corrected chi connectivity index (χ1v) is 6.88. The molecule has 7 heteroatoms. The number of carbonyl (C=O) groups excluding carboxylic acids is 2. The Kier molecular flexibility index (Phi) is 4.03. The van der Waals surface area contributed by atoms with Gasteiger partial charge in [-0.25, -0.2) is 0 Å². The van der Waals surface area contributed by atoms with Crippen molar-refractivity contribution in [3.63, 3.8) is 0 Å². The molecular weight excluding hydrogens is 274 g/mol. The van der Waals surface area contributed by atoms with Crippen molar-refractivity contribution in [1.82, 2.24) is 5.32 Å². The summed E-state index contributed by atoms with van der Waals surface area (Å²) < 4.78 is 10.6. The van der Waals surface area contributed by atoms with E-state index in [1.165, 1.54) is 0 Å². The van der Waals surface area contributed by atoms with Gasteiger partial charge >= 0.3 is 0 Å². The lowest BCUT2D eigenvalue weighted by Crippen LogP contribution is -2.43. The van der Waals surface area contributed by atoms with E-state index in [-0.39, 0.29) is 24.5 Å². The molecule has 112 valence electrons. The van der Waals surface area contributed by atoms with Crippen molar-refractivity contribution in [1.29, 1.82) is 0 Å². The third kappa shape index (κ3) is 3.50. The number of hydrogen-bond donors (Lipinski definition) is 3. The molecule has 1 aromatic carbocycles. The number of ether oxygens (including phenoxy) is 2. The van der Waals surface area contributed by atoms with Gasteiger partial charge in [-0.1, -0.05) is 0 Å². The quantitative estimate of drug-likeness (QED) is 0.747. The molecule has 0 unspecified atom stereocenters. The highest BCUT2D eigenvalue weighted by Crippen LogP contribution is 2.30. The molecule has 0 saturated carbocycles. The Morgan fingerprint density at radius 1 is 1.43 bits per heavy atom. The minimum atomic E-state index is -0.178. The molecule has 7 nitrogen and oxygen atoms in total. The molecule has 1 aromatic rings. The van der Waals surface area contributed by atoms with Crippen LogP contribution in [0.2, 0.25) is 0 Å². The van der Waals surface area contributed by atoms with Crippen LogP contribution >= 0.6 is 0 Å². The zero-order valence-electron chi connectivity index (χ0n) is 11.5. The minimum absolute atomic E-state index is 0.00622. The first-order valence-electron chi connectivity index (χ1n) is 6.88. The highest BCUT2D eigenvalue weighted by molar-refractivity contribution is 5.97. The molecule has 1 atom stereocenters. The van der Waals surface area contributed by atoms with Crippen molar-refractivity contribution in [3.05, 3.63) is 18.2 Å². The fourth-order valence-electron chi connectivity index (χ4n) is 2.34. The maximum Gasteiger partial charge on any atom is 0.262 e. The number of carbonyl (C=O) groups is 2. The molecule has 0 aromatic heterocycles. The standard InChI is InChI=1S/C14H17N3O4/c18-13(6-10-7-20-4-3-15-10)16-9-1-2-11-12(5-9)21-8-14(19)17-11/h1-2,5,10,15H,3-4,6-8H2,(H,16,18)(H,17,19)/t10-/m0/s1. The summed E-state index contributed by atoms with van der Waals surface area (Å²) in [4.78, 5) is 23.2. The summed E-state index contributed by atoms with van der Waals surface area (Å²) in [6.45, 7) is 2.00. The minimum Gasteiger partial charge on any atom is -0.482 e. The average Bonchev–Trinajstić information content (AvgIpc) is 2.48. The summed E-state index contributed by atoms with van der Waals surface area (Å²) in [5.74, 6) is 0.298. The second-order valence-electron chi connectivity index (χ2n) is 5.03. The van der Waals surface area contributed by atoms with E-state index in [0.717, 1.165) is 6.54 Å². The topological polar surface area (TPSA) is 88.7 Å². The van der Waals surface area contributed by atoms with Crippen molar-refractivity contribution in [2.45, 2.75) is 12.5 Å². The van der Waals surface area contributed by atoms with Crippen molar-refractivity contribution in [2.24, 2.45) is 0 Å². The van der Waals surface area contributed by atoms with Crippen LogP contribution < -0.4 is 20.7 Å². The molecule has 0 bridgehead atoms. The first-order chi connectivity index (χ1) is 10.2. The number of fused-ring (bicyclic) bond motifs is 1. The first kappa shape index (κ1) is 13.8. The molecule has 21 heavy (non-hydrogen) atoms. The Bertz CT molecular complexity index is 555. The normalized spacial score (nSPS) is 21.0. The zero-order valence-corrected chi connectivity index (χ0v) is 11.5. The molecule has 2 amide bonds. The largest absolute Gasteiger partial charge is 0.482 e. The third-order valence-corrected chi connectivity index (χ3v) is 3.33. The molecular formula is C14H17N3O4. The van der Waals surface area contributed by atoms with Crippen LogP contribution in [0, 0.1) is 0 Å². The van der Waals surface area contributed by atoms with Gasteiger partial charge in [-0.3, -0.25) is 9.59 Å². The molecule has 0 radical (unpaired) electrons. The molecule has 0 aliphatic carbocycles. The van der Waals surface area contributed by atoms with E-state index < -0.39 is 0 Å². The maximum absolute atomic E-state index is 12.0. The number of benzene rings is 1. The molecule has 1 saturated heterocycles. The Morgan fingerprint density at radius 2 is 2.33 bits per heavy atom. The van der Waals surface area contributed by atoms with Crippen LogP contribution in [0.15, 0.2) is 18.2 Å². The van der Waals surface area contributed by atoms with E-state index in [4.69, 9.17) is 9.47 Å². The monoisotopic (exact) mass is 291 g/mol. The Balaban J connectivity index is 1.59. The lowest BCUT2D eigenvalue weighted by atomic mass is 10.2. The number of rotatable bonds is 3. The number of morpholine rings is 1. The maximum atomic E-state index is 12.0. The summed E-state index contributed by atoms with van der Waals surface area (Å²) >= 11 is 0. The van der Waals surface area contributed by atoms with Gasteiger partial charge in [0, 0.05) is 30.8 Å². The predicted octanol–water partition coefficient (Wildman–Crippen LogP) is 0.334. The van der Waals surface area contributed by atoms with Crippen LogP contribution in [0.25, 0.3) is 0 Å². The van der Waals surface area contributed by atoms with Gasteiger partial charge in [0.25, 0.3) is 5.91 Å². The summed E-state index contributed by atoms with van der Waals surface area (Å²) in [5.41, 5.74) is 1.26. The van der Waals surface area contributed by atoms with E-state index in [2.05, 4.69) is 16.0 Å². The zero-order chi connectivity index (χ0) is 14.7. The number of hydrogen-bond acceptors (Lipinski definition) is 5. The lowest BCUT2D eigenvalue weighted by Gasteiger charge is -2.23. The van der Waals surface area contributed by atoms with E-state index in [0.29, 0.717) is 36.8 Å². The van der Waals surface area contributed by atoms with E-state index in [1.807, 2.05) is 0 Å². The molecule has 2 aliphatic heterocycles. The number of nitrogens with one attached hydrogen (secondary N) is 3. The number of amides is 2. The Labute approximate surface area is 122 Å². The van der Waals surface area contributed by atoms with Gasteiger partial charge in [0.15, 0.2) is 6.61 Å². The van der Waals surface area contributed by atoms with Gasteiger partial charge in [-0.15, -0.1) is 0 Å². The summed E-state index contributed by atoms with van der Waals surface area (Å²) in [6.07, 6.45) is 0.356. The van der Waals surface area contributed by atoms with Crippen molar-refractivity contribution >= 4 is 23.2 Å². The molecule has 0 spiro atoms. The number of anilines is 2. The SMILES string of the molecule is O=C(C[C@H]1COCCN1)Nc1ccc2c(c1)OCC(=O)N2. The van der Waals surface area contributed by atoms with Crippen LogP contribution in [0.1, 0.15) is 6.42 Å². The molecule has 3 N–H and O–H groups in total. The highest BCUT2D eigenvalue weighted by Gasteiger charge is 2.19. The van der Waals surface area contributed by atoms with Crippen molar-refractivity contribution in [3.8, 4) is 5.75 Å². The Hall–Kier alpha value is -2.12. The van der Waals surface area contributed by atoms with Gasteiger partial charge in [0.2, 0.25) is 5.91 Å². The van der Waals surface area contributed by atoms with E-state index in [1.54, 1.807) is 18.2 Å². The molecule has 2 aliphatic rings. The van der Waals surface area contributed by atoms with Gasteiger partial charge < -0.3 is 25.4 Å². The predicted molar refractivity (Wildman–Crippen MR) is 76.4 cm³/mol. The molecule has 3 rings (SSSR count). The van der Waals surface area contributed by atoms with E-state index >= 15 is 0 Å². The summed E-state index contributed by atoms with van der Waals surface area (Å²) in [5, 5.41) is 8.76. The van der Waals surface area contributed by atoms with Crippen LogP contribution in [-0.2, 0) is 14.3 Å². The smallest absolute Gasteiger partial charge is 0.262 e. The second-order valence-corrected chi connectivity index (χ2v) is 5.03. The lowest BCUT2D eigenvalue weighted by molar-refractivity contribution is -0.119. The van der Waals surface area contributed by atoms with Crippen LogP contribution in [0.3, 0.4) is 0 Å². The van der Waals surface area contributed by atoms with Crippen LogP contribution in [0.4, 0.5) is 11.4 Å². The third-order valence-electron chi connectivity index (χ3n) is 3.33. The van der Waals surface area contributed by atoms with Gasteiger partial charge in [0.1, 0.15) is 5.75 Å². The van der Waals surface area contributed by atoms with Crippen molar-refractivity contribution < 1.29 is 19.1 Å². The summed E-state index contributed by atoms with van der Waals surface area (Å²) in [6, 6.07) is 5.20. The average molecular weight is 291 g/mol. The molecule has 1 fully saturated rings. The van der Waals surface area contributed by atoms with Gasteiger partial charge in [-0.05, 0) is 12.1 Å². The van der Waals surface area contributed by atoms with Gasteiger partial charge in [-0.2, -0.15) is 0 Å². The van der Waals surface area contributed by atoms with Gasteiger partial charge in [0.05, 0.1) is 18.9 Å². The fourth-order valence-corrected chi connectivity index (χ4v) is 2.34. The van der Waals surface area contributed by atoms with E-state index in [9.17, 15) is 9.59 Å². The van der Waals surface area contributed by atoms with Crippen LogP contribution in [0.5, 0.6) is 5.75 Å². The second kappa shape index (κ2) is 6.11. The Morgan fingerprint density at radius 3 is 3.14 bits per heavy atom. The van der Waals surface area contributed by atoms with Crippen molar-refractivity contribution in [2.75, 3.05) is 37.0 Å². The fraction of sp³-hybridized carbons (Fsp3) is 0.429. The summed E-state index contributed by atoms with van der Waals surface area (Å²) in [7, 11) is 0. The molecule has 2 heterocycles.